The number of hydrogen-bond donors (Lipinski definition) is 0. The Morgan fingerprint density at radius 2 is 1.06 bits per heavy atom. The zero-order valence-corrected chi connectivity index (χ0v) is 21.9. The van der Waals surface area contributed by atoms with Crippen LogP contribution in [0.15, 0.2) is 60.7 Å². The summed E-state index contributed by atoms with van der Waals surface area (Å²) in [5, 5.41) is 22.3. The Bertz CT molecular complexity index is 836. The van der Waals surface area contributed by atoms with Crippen LogP contribution < -0.4 is 10.2 Å². The molecule has 0 radical (unpaired) electrons. The molecule has 2 aliphatic heterocycles. The Hall–Kier alpha value is -1.44. The molecular formula is C26H32CaN2O4. The molecule has 2 aromatic carbocycles. The van der Waals surface area contributed by atoms with Crippen molar-refractivity contribution in [3.8, 4) is 0 Å². The molecule has 2 heterocycles. The van der Waals surface area contributed by atoms with Gasteiger partial charge in [0.05, 0.1) is 23.0 Å². The van der Waals surface area contributed by atoms with E-state index in [2.05, 4.69) is 0 Å². The molecule has 6 nitrogen and oxygen atoms in total. The molecule has 4 rings (SSSR count). The van der Waals surface area contributed by atoms with Gasteiger partial charge in [-0.2, -0.15) is 0 Å². The molecule has 0 N–H and O–H groups in total. The molecule has 2 fully saturated rings. The third-order valence-electron chi connectivity index (χ3n) is 6.89. The molecule has 0 bridgehead atoms. The average Bonchev–Trinajstić information content (AvgIpc) is 3.34. The number of carboxylic acid groups (broad SMARTS) is 2. The van der Waals surface area contributed by atoms with Crippen LogP contribution in [0.2, 0.25) is 0 Å². The minimum atomic E-state index is -0.957. The summed E-state index contributed by atoms with van der Waals surface area (Å²) in [5.41, 5.74) is 0.708. The van der Waals surface area contributed by atoms with Crippen LogP contribution in [-0.2, 0) is 22.7 Å². The maximum atomic E-state index is 11.2. The summed E-state index contributed by atoms with van der Waals surface area (Å²) in [6, 6.07) is 19.9. The molecule has 0 amide bonds. The zero-order valence-electron chi connectivity index (χ0n) is 19.7. The van der Waals surface area contributed by atoms with E-state index in [1.165, 1.54) is 0 Å². The van der Waals surface area contributed by atoms with Gasteiger partial charge in [0.2, 0.25) is 0 Å². The van der Waals surface area contributed by atoms with Gasteiger partial charge in [0.15, 0.2) is 0 Å². The van der Waals surface area contributed by atoms with Gasteiger partial charge in [0.1, 0.15) is 0 Å². The zero-order chi connectivity index (χ0) is 23.2. The first-order chi connectivity index (χ1) is 15.3. The summed E-state index contributed by atoms with van der Waals surface area (Å²) >= 11 is 0. The van der Waals surface area contributed by atoms with Crippen LogP contribution in [0, 0.1) is 0 Å². The van der Waals surface area contributed by atoms with Crippen LogP contribution in [0.5, 0.6) is 0 Å². The van der Waals surface area contributed by atoms with Gasteiger partial charge in [-0.15, -0.1) is 0 Å². The van der Waals surface area contributed by atoms with E-state index < -0.39 is 23.0 Å². The number of aliphatic carboxylic acids is 2. The number of likely N-dealkylation sites (tertiary alicyclic amines) is 2. The Balaban J connectivity index is 0.000000227. The summed E-state index contributed by atoms with van der Waals surface area (Å²) < 4.78 is 0. The largest absolute Gasteiger partial charge is 2.00 e. The summed E-state index contributed by atoms with van der Waals surface area (Å²) in [6.45, 7) is 6.56. The number of carbonyl (C=O) groups excluding carboxylic acids is 2. The number of carbonyl (C=O) groups is 2. The second-order valence-electron chi connectivity index (χ2n) is 9.14. The van der Waals surface area contributed by atoms with Crippen LogP contribution in [0.25, 0.3) is 0 Å². The monoisotopic (exact) mass is 476 g/mol. The van der Waals surface area contributed by atoms with Crippen LogP contribution >= 0.6 is 0 Å². The molecule has 0 spiro atoms. The molecule has 0 aliphatic carbocycles. The number of benzene rings is 2. The van der Waals surface area contributed by atoms with Gasteiger partial charge in [-0.05, 0) is 63.7 Å². The van der Waals surface area contributed by atoms with Crippen molar-refractivity contribution < 1.29 is 19.8 Å². The summed E-state index contributed by atoms with van der Waals surface area (Å²) in [5.74, 6) is -1.91. The molecule has 2 aliphatic rings. The fourth-order valence-electron chi connectivity index (χ4n) is 4.62. The van der Waals surface area contributed by atoms with Crippen molar-refractivity contribution in [2.45, 2.75) is 63.7 Å². The molecule has 33 heavy (non-hydrogen) atoms. The maximum absolute atomic E-state index is 11.2. The van der Waals surface area contributed by atoms with Crippen LogP contribution in [0.3, 0.4) is 0 Å². The molecule has 2 saturated heterocycles. The summed E-state index contributed by atoms with van der Waals surface area (Å²) in [4.78, 5) is 26.3. The first-order valence-corrected chi connectivity index (χ1v) is 11.3. The fourth-order valence-corrected chi connectivity index (χ4v) is 4.62. The van der Waals surface area contributed by atoms with Crippen molar-refractivity contribution in [2.24, 2.45) is 0 Å². The first-order valence-electron chi connectivity index (χ1n) is 11.3. The van der Waals surface area contributed by atoms with Gasteiger partial charge in [-0.1, -0.05) is 60.7 Å². The van der Waals surface area contributed by atoms with Crippen molar-refractivity contribution in [2.75, 3.05) is 13.1 Å². The molecule has 7 heteroatoms. The van der Waals surface area contributed by atoms with Crippen LogP contribution in [0.1, 0.15) is 50.7 Å². The quantitative estimate of drug-likeness (QED) is 0.583. The van der Waals surface area contributed by atoms with E-state index in [0.717, 1.165) is 37.1 Å². The SMILES string of the molecule is C[C@]1(C(=O)[O-])CCCN1Cc1ccccc1.C[C@]1(C(=O)[O-])CCCN1Cc1ccccc1.[Ca+2]. The summed E-state index contributed by atoms with van der Waals surface area (Å²) in [6.07, 6.45) is 3.22. The molecule has 2 atom stereocenters. The Morgan fingerprint density at radius 3 is 1.36 bits per heavy atom. The smallest absolute Gasteiger partial charge is 0.548 e. The van der Waals surface area contributed by atoms with Crippen LogP contribution in [-0.4, -0.2) is 83.6 Å². The average molecular weight is 477 g/mol. The standard InChI is InChI=1S/2C13H17NO2.Ca/c2*1-13(12(15)16)8-5-9-14(13)10-11-6-3-2-4-7-11;/h2*2-4,6-7H,5,8-10H2,1H3,(H,15,16);/q;;+2/p-2/t2*13-;/m11./s1. The normalized spacial score (nSPS) is 25.0. The molecule has 0 saturated carbocycles. The number of hydrogen-bond acceptors (Lipinski definition) is 6. The van der Waals surface area contributed by atoms with Gasteiger partial charge < -0.3 is 19.8 Å². The van der Waals surface area contributed by atoms with E-state index >= 15 is 0 Å². The third kappa shape index (κ3) is 6.80. The van der Waals surface area contributed by atoms with Gasteiger partial charge in [-0.25, -0.2) is 0 Å². The van der Waals surface area contributed by atoms with Crippen LogP contribution in [0.4, 0.5) is 0 Å². The molecule has 0 unspecified atom stereocenters. The van der Waals surface area contributed by atoms with E-state index in [1.807, 2.05) is 70.5 Å². The predicted molar refractivity (Wildman–Crippen MR) is 125 cm³/mol. The number of nitrogens with zero attached hydrogens (tertiary/aromatic N) is 2. The second-order valence-corrected chi connectivity index (χ2v) is 9.14. The van der Waals surface area contributed by atoms with Crippen molar-refractivity contribution in [1.29, 1.82) is 0 Å². The Labute approximate surface area is 226 Å². The minimum Gasteiger partial charge on any atom is -0.548 e. The topological polar surface area (TPSA) is 86.7 Å². The molecule has 2 aromatic rings. The van der Waals surface area contributed by atoms with E-state index in [4.69, 9.17) is 0 Å². The van der Waals surface area contributed by atoms with E-state index in [9.17, 15) is 19.8 Å². The van der Waals surface area contributed by atoms with E-state index in [0.29, 0.717) is 25.9 Å². The van der Waals surface area contributed by atoms with Crippen molar-refractivity contribution in [1.82, 2.24) is 9.80 Å². The van der Waals surface area contributed by atoms with Gasteiger partial charge in [0, 0.05) is 13.1 Å². The van der Waals surface area contributed by atoms with Gasteiger partial charge in [-0.3, -0.25) is 9.80 Å². The van der Waals surface area contributed by atoms with Gasteiger partial charge in [0.25, 0.3) is 0 Å². The second kappa shape index (κ2) is 12.3. The van der Waals surface area contributed by atoms with Crippen molar-refractivity contribution >= 4 is 49.7 Å². The van der Waals surface area contributed by atoms with Crippen molar-refractivity contribution in [3.05, 3.63) is 71.8 Å². The summed E-state index contributed by atoms with van der Waals surface area (Å²) in [7, 11) is 0. The number of carboxylic acids is 2. The first kappa shape index (κ1) is 27.8. The van der Waals surface area contributed by atoms with E-state index in [1.54, 1.807) is 13.8 Å². The Kier molecular flexibility index (Phi) is 10.4. The minimum absolute atomic E-state index is 0. The molecule has 0 aromatic heterocycles. The maximum Gasteiger partial charge on any atom is 2.00 e. The third-order valence-corrected chi connectivity index (χ3v) is 6.89. The van der Waals surface area contributed by atoms with Crippen molar-refractivity contribution in [3.63, 3.8) is 0 Å². The number of rotatable bonds is 6. The molecular weight excluding hydrogens is 444 g/mol. The van der Waals surface area contributed by atoms with Gasteiger partial charge >= 0.3 is 37.7 Å². The Morgan fingerprint density at radius 1 is 0.727 bits per heavy atom. The molecule has 172 valence electrons. The van der Waals surface area contributed by atoms with E-state index in [-0.39, 0.29) is 37.7 Å². The predicted octanol–water partition coefficient (Wildman–Crippen LogP) is 1.20. The fraction of sp³-hybridized carbons (Fsp3) is 0.462.